The molecule has 0 atom stereocenters. The van der Waals surface area contributed by atoms with Crippen molar-refractivity contribution in [1.29, 1.82) is 0 Å². The molecular weight excluding hydrogens is 316 g/mol. The van der Waals surface area contributed by atoms with Gasteiger partial charge in [-0.1, -0.05) is 19.3 Å². The van der Waals surface area contributed by atoms with Gasteiger partial charge in [-0.3, -0.25) is 0 Å². The number of hydrogen-bond acceptors (Lipinski definition) is 5. The van der Waals surface area contributed by atoms with Crippen LogP contribution >= 0.6 is 0 Å². The maximum Gasteiger partial charge on any atom is 0.336 e. The Morgan fingerprint density at radius 2 is 1.87 bits per heavy atom. The smallest absolute Gasteiger partial charge is 0.336 e. The van der Waals surface area contributed by atoms with Gasteiger partial charge in [0.25, 0.3) is 0 Å². The Bertz CT molecular complexity index is 867. The third-order valence-corrected chi connectivity index (χ3v) is 5.76. The summed E-state index contributed by atoms with van der Waals surface area (Å²) in [6.07, 6.45) is 4.89. The Hall–Kier alpha value is -1.70. The number of fused-ring (bicyclic) bond motifs is 1. The Kier molecular flexibility index (Phi) is 4.27. The molecule has 1 aliphatic carbocycles. The molecule has 1 saturated carbocycles. The van der Waals surface area contributed by atoms with Gasteiger partial charge in [0.15, 0.2) is 0 Å². The molecule has 1 fully saturated rings. The summed E-state index contributed by atoms with van der Waals surface area (Å²) in [6.45, 7) is 0.233. The van der Waals surface area contributed by atoms with E-state index in [9.17, 15) is 13.2 Å². The lowest BCUT2D eigenvalue weighted by Crippen LogP contribution is -2.51. The molecule has 1 aromatic heterocycles. The molecule has 0 bridgehead atoms. The SMILES string of the molecule is NC1(CNS(=O)(=O)c2ccc3oc(=O)ccc3c2)CCCCC1. The van der Waals surface area contributed by atoms with Gasteiger partial charge in [0.2, 0.25) is 10.0 Å². The van der Waals surface area contributed by atoms with Gasteiger partial charge in [0.1, 0.15) is 5.58 Å². The monoisotopic (exact) mass is 336 g/mol. The Morgan fingerprint density at radius 3 is 2.61 bits per heavy atom. The van der Waals surface area contributed by atoms with Crippen LogP contribution in [-0.2, 0) is 10.0 Å². The van der Waals surface area contributed by atoms with Gasteiger partial charge in [-0.25, -0.2) is 17.9 Å². The highest BCUT2D eigenvalue weighted by Crippen LogP contribution is 2.26. The molecule has 23 heavy (non-hydrogen) atoms. The van der Waals surface area contributed by atoms with E-state index in [0.717, 1.165) is 32.1 Å². The van der Waals surface area contributed by atoms with Gasteiger partial charge in [-0.2, -0.15) is 0 Å². The quantitative estimate of drug-likeness (QED) is 0.828. The fourth-order valence-electron chi connectivity index (χ4n) is 2.97. The molecule has 0 radical (unpaired) electrons. The van der Waals surface area contributed by atoms with E-state index in [0.29, 0.717) is 11.0 Å². The van der Waals surface area contributed by atoms with Crippen LogP contribution < -0.4 is 16.1 Å². The normalized spacial score (nSPS) is 18.1. The maximum absolute atomic E-state index is 12.5. The van der Waals surface area contributed by atoms with E-state index in [1.54, 1.807) is 6.07 Å². The first kappa shape index (κ1) is 16.2. The van der Waals surface area contributed by atoms with Gasteiger partial charge in [0, 0.05) is 23.5 Å². The lowest BCUT2D eigenvalue weighted by molar-refractivity contribution is 0.296. The molecule has 124 valence electrons. The van der Waals surface area contributed by atoms with Crippen molar-refractivity contribution >= 4 is 21.0 Å². The third-order valence-electron chi connectivity index (χ3n) is 4.36. The summed E-state index contributed by atoms with van der Waals surface area (Å²) >= 11 is 0. The van der Waals surface area contributed by atoms with Gasteiger partial charge in [0.05, 0.1) is 4.90 Å². The molecule has 2 aromatic rings. The second-order valence-corrected chi connectivity index (χ2v) is 7.97. The van der Waals surface area contributed by atoms with Crippen LogP contribution in [0.15, 0.2) is 44.4 Å². The molecular formula is C16H20N2O4S. The van der Waals surface area contributed by atoms with Crippen LogP contribution in [0, 0.1) is 0 Å². The van der Waals surface area contributed by atoms with Crippen molar-refractivity contribution in [3.8, 4) is 0 Å². The topological polar surface area (TPSA) is 102 Å². The van der Waals surface area contributed by atoms with E-state index in [4.69, 9.17) is 10.2 Å². The molecule has 1 aromatic carbocycles. The predicted octanol–water partition coefficient (Wildman–Crippen LogP) is 1.73. The highest BCUT2D eigenvalue weighted by Gasteiger charge is 2.29. The van der Waals surface area contributed by atoms with E-state index in [1.165, 1.54) is 24.3 Å². The highest BCUT2D eigenvalue weighted by molar-refractivity contribution is 7.89. The van der Waals surface area contributed by atoms with Crippen molar-refractivity contribution in [1.82, 2.24) is 4.72 Å². The first-order valence-electron chi connectivity index (χ1n) is 7.71. The number of benzene rings is 1. The van der Waals surface area contributed by atoms with Crippen molar-refractivity contribution in [2.45, 2.75) is 42.5 Å². The molecule has 3 N–H and O–H groups in total. The van der Waals surface area contributed by atoms with Crippen LogP contribution in [0.3, 0.4) is 0 Å². The Morgan fingerprint density at radius 1 is 1.13 bits per heavy atom. The molecule has 7 heteroatoms. The molecule has 1 heterocycles. The molecule has 0 spiro atoms. The first-order chi connectivity index (χ1) is 10.9. The number of sulfonamides is 1. The van der Waals surface area contributed by atoms with Gasteiger partial charge >= 0.3 is 5.63 Å². The predicted molar refractivity (Wildman–Crippen MR) is 87.7 cm³/mol. The van der Waals surface area contributed by atoms with Crippen molar-refractivity contribution in [3.63, 3.8) is 0 Å². The number of hydrogen-bond donors (Lipinski definition) is 2. The zero-order valence-electron chi connectivity index (χ0n) is 12.7. The summed E-state index contributed by atoms with van der Waals surface area (Å²) in [5.74, 6) is 0. The van der Waals surface area contributed by atoms with Crippen molar-refractivity contribution < 1.29 is 12.8 Å². The minimum atomic E-state index is -3.65. The van der Waals surface area contributed by atoms with E-state index in [1.807, 2.05) is 0 Å². The van der Waals surface area contributed by atoms with Crippen LogP contribution in [-0.4, -0.2) is 20.5 Å². The molecule has 1 aliphatic rings. The Labute approximate surface area is 134 Å². The van der Waals surface area contributed by atoms with E-state index in [-0.39, 0.29) is 11.4 Å². The van der Waals surface area contributed by atoms with Crippen LogP contribution in [0.25, 0.3) is 11.0 Å². The van der Waals surface area contributed by atoms with Crippen molar-refractivity contribution in [3.05, 3.63) is 40.8 Å². The minimum absolute atomic E-state index is 0.137. The standard InChI is InChI=1S/C16H20N2O4S/c17-16(8-2-1-3-9-16)11-18-23(20,21)13-5-6-14-12(10-13)4-7-15(19)22-14/h4-7,10,18H,1-3,8-9,11,17H2. The molecule has 0 aliphatic heterocycles. The van der Waals surface area contributed by atoms with Crippen molar-refractivity contribution in [2.75, 3.05) is 6.54 Å². The summed E-state index contributed by atoms with van der Waals surface area (Å²) in [7, 11) is -3.65. The first-order valence-corrected chi connectivity index (χ1v) is 9.19. The summed E-state index contributed by atoms with van der Waals surface area (Å²) in [4.78, 5) is 11.3. The lowest BCUT2D eigenvalue weighted by atomic mass is 9.83. The fourth-order valence-corrected chi connectivity index (χ4v) is 4.15. The van der Waals surface area contributed by atoms with Crippen LogP contribution in [0.2, 0.25) is 0 Å². The van der Waals surface area contributed by atoms with Gasteiger partial charge < -0.3 is 10.2 Å². The Balaban J connectivity index is 1.81. The van der Waals surface area contributed by atoms with E-state index in [2.05, 4.69) is 4.72 Å². The summed E-state index contributed by atoms with van der Waals surface area (Å²) in [6, 6.07) is 7.22. The molecule has 0 saturated heterocycles. The van der Waals surface area contributed by atoms with Crippen molar-refractivity contribution in [2.24, 2.45) is 5.73 Å². The lowest BCUT2D eigenvalue weighted by Gasteiger charge is -2.33. The number of nitrogens with one attached hydrogen (secondary N) is 1. The maximum atomic E-state index is 12.5. The molecule has 0 amide bonds. The highest BCUT2D eigenvalue weighted by atomic mass is 32.2. The minimum Gasteiger partial charge on any atom is -0.423 e. The van der Waals surface area contributed by atoms with Crippen LogP contribution in [0.4, 0.5) is 0 Å². The third kappa shape index (κ3) is 3.63. The second-order valence-electron chi connectivity index (χ2n) is 6.20. The number of rotatable bonds is 4. The zero-order valence-corrected chi connectivity index (χ0v) is 13.6. The van der Waals surface area contributed by atoms with Crippen LogP contribution in [0.1, 0.15) is 32.1 Å². The summed E-state index contributed by atoms with van der Waals surface area (Å²) in [5, 5.41) is 0.563. The number of nitrogens with two attached hydrogens (primary N) is 1. The van der Waals surface area contributed by atoms with E-state index >= 15 is 0 Å². The van der Waals surface area contributed by atoms with Crippen LogP contribution in [0.5, 0.6) is 0 Å². The average Bonchev–Trinajstić information content (AvgIpc) is 2.53. The average molecular weight is 336 g/mol. The van der Waals surface area contributed by atoms with Gasteiger partial charge in [-0.05, 0) is 37.1 Å². The fraction of sp³-hybridized carbons (Fsp3) is 0.438. The molecule has 6 nitrogen and oxygen atoms in total. The largest absolute Gasteiger partial charge is 0.423 e. The van der Waals surface area contributed by atoms with E-state index < -0.39 is 21.2 Å². The van der Waals surface area contributed by atoms with Gasteiger partial charge in [-0.15, -0.1) is 0 Å². The second kappa shape index (κ2) is 6.07. The molecule has 0 unspecified atom stereocenters. The summed E-state index contributed by atoms with van der Waals surface area (Å²) in [5.41, 5.74) is 5.71. The zero-order chi connectivity index (χ0) is 16.5. The summed E-state index contributed by atoms with van der Waals surface area (Å²) < 4.78 is 32.6. The molecule has 3 rings (SSSR count).